The van der Waals surface area contributed by atoms with Crippen molar-refractivity contribution in [3.63, 3.8) is 0 Å². The van der Waals surface area contributed by atoms with Gasteiger partial charge in [-0.15, -0.1) is 0 Å². The first-order chi connectivity index (χ1) is 7.13. The molecule has 0 aliphatic heterocycles. The van der Waals surface area contributed by atoms with E-state index in [9.17, 15) is 4.79 Å². The van der Waals surface area contributed by atoms with E-state index in [-0.39, 0.29) is 5.02 Å². The Bertz CT molecular complexity index is 435. The number of nitriles is 1. The van der Waals surface area contributed by atoms with E-state index in [0.717, 1.165) is 5.56 Å². The number of hydrogen-bond acceptors (Lipinski definition) is 3. The molecule has 0 heterocycles. The van der Waals surface area contributed by atoms with Crippen LogP contribution in [0.4, 0.5) is 0 Å². The Morgan fingerprint density at radius 1 is 1.60 bits per heavy atom. The molecule has 0 spiro atoms. The molecule has 0 aromatic heterocycles. The molecule has 3 nitrogen and oxygen atoms in total. The number of carbonyl (C=O) groups excluding carboxylic acids is 1. The van der Waals surface area contributed by atoms with Crippen molar-refractivity contribution in [2.75, 3.05) is 7.11 Å². The summed E-state index contributed by atoms with van der Waals surface area (Å²) in [5.74, 6) is -0.471. The maximum Gasteiger partial charge on any atom is 0.339 e. The molecule has 0 saturated carbocycles. The Kier molecular flexibility index (Phi) is 3.70. The lowest BCUT2D eigenvalue weighted by atomic mass is 10.0. The molecule has 0 atom stereocenters. The summed E-state index contributed by atoms with van der Waals surface area (Å²) < 4.78 is 4.63. The van der Waals surface area contributed by atoms with E-state index < -0.39 is 5.97 Å². The summed E-state index contributed by atoms with van der Waals surface area (Å²) in [5, 5.41) is 9.01. The fourth-order valence-corrected chi connectivity index (χ4v) is 1.65. The van der Waals surface area contributed by atoms with E-state index in [1.807, 2.05) is 13.0 Å². The van der Waals surface area contributed by atoms with Crippen molar-refractivity contribution in [2.45, 2.75) is 13.3 Å². The standard InChI is InChI=1S/C11H10ClNO2/c1-3-8-4-7(6-13)5-9(12)10(8)11(14)15-2/h4-5H,3H2,1-2H3. The SMILES string of the molecule is CCc1cc(C#N)cc(Cl)c1C(=O)OC. The molecule has 1 aromatic carbocycles. The number of rotatable bonds is 2. The summed E-state index contributed by atoms with van der Waals surface area (Å²) in [6, 6.07) is 5.11. The highest BCUT2D eigenvalue weighted by atomic mass is 35.5. The zero-order valence-electron chi connectivity index (χ0n) is 8.50. The Balaban J connectivity index is 3.39. The third kappa shape index (κ3) is 2.28. The highest BCUT2D eigenvalue weighted by Crippen LogP contribution is 2.23. The minimum atomic E-state index is -0.471. The second-order valence-electron chi connectivity index (χ2n) is 2.95. The predicted octanol–water partition coefficient (Wildman–Crippen LogP) is 2.56. The van der Waals surface area contributed by atoms with Gasteiger partial charge in [0.15, 0.2) is 0 Å². The van der Waals surface area contributed by atoms with Crippen molar-refractivity contribution in [3.05, 3.63) is 33.8 Å². The monoisotopic (exact) mass is 223 g/mol. The molecule has 15 heavy (non-hydrogen) atoms. The van der Waals surface area contributed by atoms with E-state index >= 15 is 0 Å². The maximum absolute atomic E-state index is 11.4. The fourth-order valence-electron chi connectivity index (χ4n) is 1.34. The van der Waals surface area contributed by atoms with Crippen molar-refractivity contribution in [1.29, 1.82) is 5.26 Å². The molecule has 0 radical (unpaired) electrons. The molecule has 0 aliphatic carbocycles. The molecule has 0 aliphatic rings. The number of halogens is 1. The average Bonchev–Trinajstić information content (AvgIpc) is 2.26. The summed E-state index contributed by atoms with van der Waals surface area (Å²) in [4.78, 5) is 11.4. The van der Waals surface area contributed by atoms with Gasteiger partial charge in [0, 0.05) is 0 Å². The number of carbonyl (C=O) groups is 1. The van der Waals surface area contributed by atoms with Gasteiger partial charge in [-0.3, -0.25) is 0 Å². The second kappa shape index (κ2) is 4.81. The number of benzene rings is 1. The molecule has 1 rings (SSSR count). The van der Waals surface area contributed by atoms with E-state index in [0.29, 0.717) is 17.5 Å². The fraction of sp³-hybridized carbons (Fsp3) is 0.273. The number of methoxy groups -OCH3 is 1. The molecule has 0 amide bonds. The number of ether oxygens (including phenoxy) is 1. The average molecular weight is 224 g/mol. The van der Waals surface area contributed by atoms with Crippen LogP contribution in [0.25, 0.3) is 0 Å². The van der Waals surface area contributed by atoms with Crippen molar-refractivity contribution in [3.8, 4) is 6.07 Å². The third-order valence-corrected chi connectivity index (χ3v) is 2.37. The van der Waals surface area contributed by atoms with Gasteiger partial charge >= 0.3 is 5.97 Å². The van der Waals surface area contributed by atoms with Crippen LogP contribution in [0, 0.1) is 11.3 Å². The van der Waals surface area contributed by atoms with Crippen molar-refractivity contribution < 1.29 is 9.53 Å². The molecule has 0 saturated heterocycles. The molecule has 4 heteroatoms. The van der Waals surface area contributed by atoms with E-state index in [1.165, 1.54) is 13.2 Å². The lowest BCUT2D eigenvalue weighted by Gasteiger charge is -2.08. The van der Waals surface area contributed by atoms with E-state index in [2.05, 4.69) is 4.74 Å². The smallest absolute Gasteiger partial charge is 0.339 e. The summed E-state index contributed by atoms with van der Waals surface area (Å²) in [6.45, 7) is 1.89. The van der Waals surface area contributed by atoms with Gasteiger partial charge in [-0.2, -0.15) is 5.26 Å². The van der Waals surface area contributed by atoms with Crippen molar-refractivity contribution in [2.24, 2.45) is 0 Å². The Hall–Kier alpha value is -1.53. The van der Waals surface area contributed by atoms with Crippen LogP contribution in [-0.2, 0) is 11.2 Å². The van der Waals surface area contributed by atoms with Crippen LogP contribution in [0.3, 0.4) is 0 Å². The second-order valence-corrected chi connectivity index (χ2v) is 3.36. The van der Waals surface area contributed by atoms with E-state index in [1.54, 1.807) is 6.07 Å². The van der Waals surface area contributed by atoms with Crippen molar-refractivity contribution >= 4 is 17.6 Å². The quantitative estimate of drug-likeness (QED) is 0.724. The lowest BCUT2D eigenvalue weighted by molar-refractivity contribution is 0.0600. The predicted molar refractivity (Wildman–Crippen MR) is 56.9 cm³/mol. The largest absolute Gasteiger partial charge is 0.465 e. The zero-order valence-corrected chi connectivity index (χ0v) is 9.26. The first-order valence-electron chi connectivity index (χ1n) is 4.44. The van der Waals surface area contributed by atoms with Crippen LogP contribution in [0.15, 0.2) is 12.1 Å². The molecule has 0 N–H and O–H groups in total. The summed E-state index contributed by atoms with van der Waals surface area (Å²) >= 11 is 5.91. The summed E-state index contributed by atoms with van der Waals surface area (Å²) in [7, 11) is 1.30. The van der Waals surface area contributed by atoms with Gasteiger partial charge in [0.2, 0.25) is 0 Å². The molecule has 78 valence electrons. The first kappa shape index (κ1) is 11.5. The van der Waals surface area contributed by atoms with Crippen LogP contribution < -0.4 is 0 Å². The minimum Gasteiger partial charge on any atom is -0.465 e. The Morgan fingerprint density at radius 3 is 2.73 bits per heavy atom. The van der Waals surface area contributed by atoms with Gasteiger partial charge in [-0.25, -0.2) is 4.79 Å². The maximum atomic E-state index is 11.4. The van der Waals surface area contributed by atoms with Gasteiger partial charge in [0.25, 0.3) is 0 Å². The first-order valence-corrected chi connectivity index (χ1v) is 4.82. The number of nitrogens with zero attached hydrogens (tertiary/aromatic N) is 1. The summed E-state index contributed by atoms with van der Waals surface area (Å²) in [6.07, 6.45) is 0.625. The Labute approximate surface area is 93.2 Å². The van der Waals surface area contributed by atoms with Crippen LogP contribution in [0.1, 0.15) is 28.4 Å². The van der Waals surface area contributed by atoms with Crippen LogP contribution in [0.5, 0.6) is 0 Å². The van der Waals surface area contributed by atoms with Crippen LogP contribution in [0.2, 0.25) is 5.02 Å². The normalized spacial score (nSPS) is 9.47. The number of hydrogen-bond donors (Lipinski definition) is 0. The molecule has 0 bridgehead atoms. The zero-order chi connectivity index (χ0) is 11.4. The number of aryl methyl sites for hydroxylation is 1. The van der Waals surface area contributed by atoms with Gasteiger partial charge in [0.1, 0.15) is 0 Å². The molecular weight excluding hydrogens is 214 g/mol. The third-order valence-electron chi connectivity index (χ3n) is 2.07. The molecule has 1 aromatic rings. The summed E-state index contributed by atoms with van der Waals surface area (Å²) in [5.41, 5.74) is 1.52. The van der Waals surface area contributed by atoms with Crippen molar-refractivity contribution in [1.82, 2.24) is 0 Å². The van der Waals surface area contributed by atoms with Crippen LogP contribution in [-0.4, -0.2) is 13.1 Å². The van der Waals surface area contributed by atoms with Gasteiger partial charge in [-0.1, -0.05) is 18.5 Å². The molecule has 0 fully saturated rings. The Morgan fingerprint density at radius 2 is 2.27 bits per heavy atom. The highest BCUT2D eigenvalue weighted by molar-refractivity contribution is 6.33. The van der Waals surface area contributed by atoms with Crippen LogP contribution >= 0.6 is 11.6 Å². The van der Waals surface area contributed by atoms with Gasteiger partial charge in [0.05, 0.1) is 29.3 Å². The van der Waals surface area contributed by atoms with Gasteiger partial charge in [-0.05, 0) is 24.1 Å². The minimum absolute atomic E-state index is 0.262. The number of esters is 1. The molecular formula is C11H10ClNO2. The lowest BCUT2D eigenvalue weighted by Crippen LogP contribution is -2.06. The topological polar surface area (TPSA) is 50.1 Å². The van der Waals surface area contributed by atoms with E-state index in [4.69, 9.17) is 16.9 Å². The molecule has 0 unspecified atom stereocenters. The van der Waals surface area contributed by atoms with Gasteiger partial charge < -0.3 is 4.74 Å². The highest BCUT2D eigenvalue weighted by Gasteiger charge is 2.16.